The summed E-state index contributed by atoms with van der Waals surface area (Å²) in [5.41, 5.74) is 2.96. The second-order valence-corrected chi connectivity index (χ2v) is 10.3. The summed E-state index contributed by atoms with van der Waals surface area (Å²) in [7, 11) is 1.75. The van der Waals surface area contributed by atoms with Crippen LogP contribution >= 0.6 is 0 Å². The molecule has 1 aliphatic rings. The second kappa shape index (κ2) is 9.22. The van der Waals surface area contributed by atoms with Crippen molar-refractivity contribution in [2.45, 2.75) is 57.1 Å². The number of aryl methyl sites for hydroxylation is 1. The monoisotopic (exact) mass is 458 g/mol. The minimum atomic E-state index is -0.860. The molecule has 0 aliphatic carbocycles. The molecule has 0 unspecified atom stereocenters. The highest BCUT2D eigenvalue weighted by molar-refractivity contribution is 5.79. The minimum absolute atomic E-state index is 0.0335. The van der Waals surface area contributed by atoms with Crippen LogP contribution in [0.25, 0.3) is 11.1 Å². The van der Waals surface area contributed by atoms with Crippen molar-refractivity contribution in [3.05, 3.63) is 94.4 Å². The van der Waals surface area contributed by atoms with Gasteiger partial charge >= 0.3 is 0 Å². The fourth-order valence-corrected chi connectivity index (χ4v) is 5.37. The van der Waals surface area contributed by atoms with Gasteiger partial charge in [-0.1, -0.05) is 54.6 Å². The van der Waals surface area contributed by atoms with Gasteiger partial charge in [-0.25, -0.2) is 0 Å². The molecule has 2 atom stereocenters. The Morgan fingerprint density at radius 3 is 2.21 bits per heavy atom. The number of aromatic nitrogens is 1. The number of amides is 1. The van der Waals surface area contributed by atoms with Gasteiger partial charge in [0.2, 0.25) is 11.5 Å². The molecule has 1 saturated heterocycles. The first-order chi connectivity index (χ1) is 16.1. The van der Waals surface area contributed by atoms with Crippen LogP contribution in [0.15, 0.2) is 77.7 Å². The largest absolute Gasteiger partial charge is 0.390 e. The maximum atomic E-state index is 13.5. The number of aliphatic hydroxyl groups is 1. The Hall–Kier alpha value is -3.18. The number of likely N-dealkylation sites (tertiary alicyclic amines) is 1. The summed E-state index contributed by atoms with van der Waals surface area (Å²) in [6.45, 7) is 6.37. The summed E-state index contributed by atoms with van der Waals surface area (Å²) in [6.07, 6.45) is 3.58. The van der Waals surface area contributed by atoms with E-state index in [2.05, 4.69) is 31.2 Å². The Balaban J connectivity index is 1.54. The fraction of sp³-hybridized carbons (Fsp3) is 0.379. The molecule has 4 rings (SSSR count). The Bertz CT molecular complexity index is 1210. The quantitative estimate of drug-likeness (QED) is 0.575. The smallest absolute Gasteiger partial charge is 0.250 e. The molecule has 34 heavy (non-hydrogen) atoms. The van der Waals surface area contributed by atoms with Crippen LogP contribution in [0.4, 0.5) is 0 Å². The van der Waals surface area contributed by atoms with Crippen LogP contribution < -0.4 is 5.56 Å². The maximum absolute atomic E-state index is 13.5. The summed E-state index contributed by atoms with van der Waals surface area (Å²) in [5, 5.41) is 10.6. The molecule has 5 nitrogen and oxygen atoms in total. The van der Waals surface area contributed by atoms with Gasteiger partial charge in [0.1, 0.15) is 0 Å². The van der Waals surface area contributed by atoms with Crippen molar-refractivity contribution < 1.29 is 9.90 Å². The normalized spacial score (nSPS) is 19.8. The molecule has 1 aromatic heterocycles. The van der Waals surface area contributed by atoms with E-state index in [0.717, 1.165) is 28.7 Å². The molecule has 2 aromatic carbocycles. The molecule has 1 N–H and O–H groups in total. The number of hydrogen-bond acceptors (Lipinski definition) is 3. The fourth-order valence-electron chi connectivity index (χ4n) is 5.37. The van der Waals surface area contributed by atoms with Crippen LogP contribution in [-0.2, 0) is 17.3 Å². The third kappa shape index (κ3) is 5.00. The molecule has 1 aliphatic heterocycles. The molecule has 1 fully saturated rings. The van der Waals surface area contributed by atoms with Gasteiger partial charge in [0.05, 0.1) is 11.6 Å². The average Bonchev–Trinajstić information content (AvgIpc) is 2.80. The van der Waals surface area contributed by atoms with Crippen molar-refractivity contribution in [3.8, 4) is 11.1 Å². The lowest BCUT2D eigenvalue weighted by atomic mass is 9.66. The summed E-state index contributed by atoms with van der Waals surface area (Å²) >= 11 is 0. The predicted molar refractivity (Wildman–Crippen MR) is 136 cm³/mol. The van der Waals surface area contributed by atoms with Crippen molar-refractivity contribution in [1.82, 2.24) is 9.47 Å². The third-order valence-corrected chi connectivity index (χ3v) is 7.08. The average molecular weight is 459 g/mol. The number of rotatable bonds is 6. The molecule has 2 heterocycles. The Morgan fingerprint density at radius 1 is 0.971 bits per heavy atom. The zero-order valence-corrected chi connectivity index (χ0v) is 20.5. The molecule has 0 saturated carbocycles. The number of hydrogen-bond donors (Lipinski definition) is 1. The van der Waals surface area contributed by atoms with Crippen LogP contribution in [0.1, 0.15) is 57.2 Å². The van der Waals surface area contributed by atoms with E-state index in [1.807, 2.05) is 61.3 Å². The van der Waals surface area contributed by atoms with E-state index in [4.69, 9.17) is 0 Å². The zero-order chi connectivity index (χ0) is 24.5. The summed E-state index contributed by atoms with van der Waals surface area (Å²) in [6, 6.07) is 21.7. The van der Waals surface area contributed by atoms with Gasteiger partial charge < -0.3 is 14.6 Å². The summed E-state index contributed by atoms with van der Waals surface area (Å²) in [4.78, 5) is 27.1. The van der Waals surface area contributed by atoms with Crippen molar-refractivity contribution in [1.29, 1.82) is 0 Å². The lowest BCUT2D eigenvalue weighted by Crippen LogP contribution is -2.49. The third-order valence-electron chi connectivity index (χ3n) is 7.08. The number of piperidine rings is 1. The van der Waals surface area contributed by atoms with E-state index in [-0.39, 0.29) is 22.9 Å². The first-order valence-electron chi connectivity index (χ1n) is 11.9. The lowest BCUT2D eigenvalue weighted by molar-refractivity contribution is -0.139. The maximum Gasteiger partial charge on any atom is 0.250 e. The topological polar surface area (TPSA) is 62.5 Å². The van der Waals surface area contributed by atoms with Gasteiger partial charge in [-0.05, 0) is 61.9 Å². The van der Waals surface area contributed by atoms with Gasteiger partial charge in [0, 0.05) is 37.7 Å². The van der Waals surface area contributed by atoms with Crippen LogP contribution in [0.5, 0.6) is 0 Å². The molecular formula is C29H34N2O3. The minimum Gasteiger partial charge on any atom is -0.390 e. The first kappa shape index (κ1) is 24.0. The van der Waals surface area contributed by atoms with E-state index < -0.39 is 5.60 Å². The van der Waals surface area contributed by atoms with Gasteiger partial charge in [0.25, 0.3) is 0 Å². The number of carbonyl (C=O) groups excluding carboxylic acids is 1. The summed E-state index contributed by atoms with van der Waals surface area (Å²) < 4.78 is 1.57. The van der Waals surface area contributed by atoms with Crippen LogP contribution in [0.3, 0.4) is 0 Å². The van der Waals surface area contributed by atoms with E-state index in [1.165, 1.54) is 0 Å². The Kier molecular flexibility index (Phi) is 6.50. The Morgan fingerprint density at radius 2 is 1.62 bits per heavy atom. The van der Waals surface area contributed by atoms with Gasteiger partial charge in [-0.15, -0.1) is 0 Å². The van der Waals surface area contributed by atoms with Crippen LogP contribution in [-0.4, -0.2) is 32.6 Å². The number of pyridine rings is 1. The number of benzene rings is 2. The number of nitrogens with zero attached hydrogens (tertiary/aromatic N) is 2. The summed E-state index contributed by atoms with van der Waals surface area (Å²) in [5.74, 6) is 0.119. The molecule has 0 radical (unpaired) electrons. The number of carbonyl (C=O) groups is 1. The predicted octanol–water partition coefficient (Wildman–Crippen LogP) is 4.83. The van der Waals surface area contributed by atoms with Crippen molar-refractivity contribution in [2.75, 3.05) is 6.54 Å². The van der Waals surface area contributed by atoms with Crippen molar-refractivity contribution >= 4 is 5.91 Å². The second-order valence-electron chi connectivity index (χ2n) is 10.3. The van der Waals surface area contributed by atoms with Crippen molar-refractivity contribution in [2.24, 2.45) is 7.05 Å². The van der Waals surface area contributed by atoms with E-state index >= 15 is 0 Å². The first-order valence-corrected chi connectivity index (χ1v) is 11.9. The highest BCUT2D eigenvalue weighted by Crippen LogP contribution is 2.44. The lowest BCUT2D eigenvalue weighted by Gasteiger charge is -2.46. The molecular weight excluding hydrogens is 424 g/mol. The molecule has 0 spiro atoms. The van der Waals surface area contributed by atoms with Crippen LogP contribution in [0, 0.1) is 0 Å². The molecule has 0 bridgehead atoms. The molecule has 5 heteroatoms. The van der Waals surface area contributed by atoms with E-state index in [1.54, 1.807) is 17.7 Å². The molecule has 178 valence electrons. The highest BCUT2D eigenvalue weighted by atomic mass is 16.3. The van der Waals surface area contributed by atoms with E-state index in [9.17, 15) is 14.7 Å². The SMILES string of the molecule is C[C@@H](c1ccc(-c2ccc(=O)n(C)c2)cc1)N1CC[C@](CC(C)(C)O)(c2ccccc2)CC1=O. The van der Waals surface area contributed by atoms with Crippen molar-refractivity contribution in [3.63, 3.8) is 0 Å². The van der Waals surface area contributed by atoms with Gasteiger partial charge in [-0.2, -0.15) is 0 Å². The van der Waals surface area contributed by atoms with Gasteiger partial charge in [0.15, 0.2) is 0 Å². The highest BCUT2D eigenvalue weighted by Gasteiger charge is 2.44. The van der Waals surface area contributed by atoms with E-state index in [0.29, 0.717) is 19.4 Å². The Labute approximate surface area is 201 Å². The van der Waals surface area contributed by atoms with Crippen LogP contribution in [0.2, 0.25) is 0 Å². The zero-order valence-electron chi connectivity index (χ0n) is 20.5. The standard InChI is InChI=1S/C29H34N2O3/c1-21(22-10-12-23(13-11-22)24-14-15-26(32)30(4)19-24)31-17-16-29(18-27(31)33,20-28(2,3)34)25-8-6-5-7-9-25/h5-15,19,21,34H,16-18,20H2,1-4H3/t21-,29-/m0/s1. The molecule has 1 amide bonds. The van der Waals surface area contributed by atoms with Gasteiger partial charge in [-0.3, -0.25) is 9.59 Å². The molecule has 3 aromatic rings.